The molecule has 7 heteroatoms. The van der Waals surface area contributed by atoms with Gasteiger partial charge in [-0.1, -0.05) is 6.07 Å². The largest absolute Gasteiger partial charge is 0.464 e. The molecule has 104 valence electrons. The van der Waals surface area contributed by atoms with Crippen LogP contribution < -0.4 is 10.9 Å². The van der Waals surface area contributed by atoms with Gasteiger partial charge in [0.25, 0.3) is 0 Å². The lowest BCUT2D eigenvalue weighted by molar-refractivity contribution is 0.0568. The summed E-state index contributed by atoms with van der Waals surface area (Å²) in [5, 5.41) is 0.734. The molecular formula is C12H17N3O4. The van der Waals surface area contributed by atoms with Gasteiger partial charge in [-0.25, -0.2) is 20.4 Å². The fourth-order valence-electron chi connectivity index (χ4n) is 1.18. The van der Waals surface area contributed by atoms with Gasteiger partial charge >= 0.3 is 12.1 Å². The number of anilines is 1. The molecule has 0 unspecified atom stereocenters. The third-order valence-electron chi connectivity index (χ3n) is 1.97. The second kappa shape index (κ2) is 5.66. The number of pyridine rings is 1. The molecule has 7 nitrogen and oxygen atoms in total. The Kier molecular flexibility index (Phi) is 4.44. The summed E-state index contributed by atoms with van der Waals surface area (Å²) in [7, 11) is 1.24. The maximum absolute atomic E-state index is 11.7. The average Bonchev–Trinajstić information content (AvgIpc) is 2.35. The topological polar surface area (TPSA) is 94.8 Å². The third-order valence-corrected chi connectivity index (χ3v) is 1.97. The van der Waals surface area contributed by atoms with Gasteiger partial charge in [-0.05, 0) is 32.9 Å². The SMILES string of the molecule is COC(=O)c1cccc(N(N)C(=O)OC(C)(C)C)n1. The minimum atomic E-state index is -0.762. The zero-order chi connectivity index (χ0) is 14.6. The van der Waals surface area contributed by atoms with Crippen molar-refractivity contribution in [1.29, 1.82) is 0 Å². The van der Waals surface area contributed by atoms with Crippen LogP contribution in [0, 0.1) is 0 Å². The van der Waals surface area contributed by atoms with Crippen LogP contribution in [-0.4, -0.2) is 29.8 Å². The number of nitrogens with zero attached hydrogens (tertiary/aromatic N) is 2. The van der Waals surface area contributed by atoms with Gasteiger partial charge in [-0.15, -0.1) is 0 Å². The third kappa shape index (κ3) is 4.22. The zero-order valence-corrected chi connectivity index (χ0v) is 11.3. The number of carbonyl (C=O) groups excluding carboxylic acids is 2. The Labute approximate surface area is 111 Å². The molecule has 1 amide bonds. The fraction of sp³-hybridized carbons (Fsp3) is 0.417. The normalized spacial score (nSPS) is 10.8. The molecule has 0 aromatic carbocycles. The van der Waals surface area contributed by atoms with Gasteiger partial charge in [0.1, 0.15) is 5.60 Å². The summed E-state index contributed by atoms with van der Waals surface area (Å²) in [4.78, 5) is 27.0. The highest BCUT2D eigenvalue weighted by atomic mass is 16.6. The maximum Gasteiger partial charge on any atom is 0.430 e. The molecule has 0 aliphatic carbocycles. The van der Waals surface area contributed by atoms with Crippen LogP contribution in [0.2, 0.25) is 0 Å². The summed E-state index contributed by atoms with van der Waals surface area (Å²) in [6, 6.07) is 4.48. The van der Waals surface area contributed by atoms with Gasteiger partial charge in [0.2, 0.25) is 0 Å². The van der Waals surface area contributed by atoms with Crippen LogP contribution in [0.4, 0.5) is 10.6 Å². The molecule has 0 saturated heterocycles. The Morgan fingerprint density at radius 3 is 2.47 bits per heavy atom. The number of esters is 1. The number of hydrazine groups is 1. The fourth-order valence-corrected chi connectivity index (χ4v) is 1.18. The Hall–Kier alpha value is -2.15. The number of aromatic nitrogens is 1. The van der Waals surface area contributed by atoms with Crippen molar-refractivity contribution in [2.45, 2.75) is 26.4 Å². The highest BCUT2D eigenvalue weighted by molar-refractivity contribution is 5.89. The van der Waals surface area contributed by atoms with Crippen molar-refractivity contribution in [2.24, 2.45) is 5.84 Å². The quantitative estimate of drug-likeness (QED) is 0.377. The van der Waals surface area contributed by atoms with E-state index < -0.39 is 17.7 Å². The van der Waals surface area contributed by atoms with Crippen molar-refractivity contribution in [1.82, 2.24) is 4.98 Å². The Morgan fingerprint density at radius 2 is 1.95 bits per heavy atom. The number of carbonyl (C=O) groups is 2. The predicted octanol–water partition coefficient (Wildman–Crippen LogP) is 1.48. The summed E-state index contributed by atoms with van der Waals surface area (Å²) in [5.41, 5.74) is -0.617. The number of hydrogen-bond acceptors (Lipinski definition) is 6. The van der Waals surface area contributed by atoms with Crippen LogP contribution in [-0.2, 0) is 9.47 Å². The van der Waals surface area contributed by atoms with E-state index in [4.69, 9.17) is 10.6 Å². The van der Waals surface area contributed by atoms with Crippen molar-refractivity contribution in [3.8, 4) is 0 Å². The number of hydrogen-bond donors (Lipinski definition) is 1. The Balaban J connectivity index is 2.91. The minimum Gasteiger partial charge on any atom is -0.464 e. The predicted molar refractivity (Wildman–Crippen MR) is 68.5 cm³/mol. The lowest BCUT2D eigenvalue weighted by atomic mass is 10.2. The molecule has 1 heterocycles. The summed E-state index contributed by atoms with van der Waals surface area (Å²) < 4.78 is 9.62. The summed E-state index contributed by atoms with van der Waals surface area (Å²) in [5.74, 6) is 5.08. The average molecular weight is 267 g/mol. The van der Waals surface area contributed by atoms with Crippen molar-refractivity contribution in [3.63, 3.8) is 0 Å². The monoisotopic (exact) mass is 267 g/mol. The van der Waals surface area contributed by atoms with E-state index in [0.717, 1.165) is 5.01 Å². The summed E-state index contributed by atoms with van der Waals surface area (Å²) >= 11 is 0. The van der Waals surface area contributed by atoms with E-state index in [1.54, 1.807) is 26.8 Å². The highest BCUT2D eigenvalue weighted by Gasteiger charge is 2.22. The van der Waals surface area contributed by atoms with Crippen molar-refractivity contribution in [3.05, 3.63) is 23.9 Å². The van der Waals surface area contributed by atoms with Crippen LogP contribution in [0.15, 0.2) is 18.2 Å². The Morgan fingerprint density at radius 1 is 1.32 bits per heavy atom. The molecule has 0 fully saturated rings. The second-order valence-electron chi connectivity index (χ2n) is 4.72. The van der Waals surface area contributed by atoms with E-state index in [0.29, 0.717) is 0 Å². The minimum absolute atomic E-state index is 0.0546. The van der Waals surface area contributed by atoms with E-state index in [9.17, 15) is 9.59 Å². The van der Waals surface area contributed by atoms with Crippen LogP contribution >= 0.6 is 0 Å². The molecule has 0 spiro atoms. The molecule has 2 N–H and O–H groups in total. The van der Waals surface area contributed by atoms with Gasteiger partial charge in [0.15, 0.2) is 11.5 Å². The van der Waals surface area contributed by atoms with Gasteiger partial charge in [0.05, 0.1) is 7.11 Å². The molecule has 0 radical (unpaired) electrons. The molecule has 0 aliphatic rings. The zero-order valence-electron chi connectivity index (χ0n) is 11.3. The van der Waals surface area contributed by atoms with E-state index >= 15 is 0 Å². The first-order valence-electron chi connectivity index (χ1n) is 5.58. The van der Waals surface area contributed by atoms with Crippen molar-refractivity contribution >= 4 is 17.9 Å². The molecule has 0 bridgehead atoms. The van der Waals surface area contributed by atoms with E-state index in [-0.39, 0.29) is 11.5 Å². The van der Waals surface area contributed by atoms with Crippen molar-refractivity contribution in [2.75, 3.05) is 12.1 Å². The smallest absolute Gasteiger partial charge is 0.430 e. The molecule has 1 aromatic heterocycles. The van der Waals surface area contributed by atoms with Gasteiger partial charge in [-0.2, -0.15) is 5.01 Å². The second-order valence-corrected chi connectivity index (χ2v) is 4.72. The van der Waals surface area contributed by atoms with E-state index in [1.807, 2.05) is 0 Å². The first kappa shape index (κ1) is 14.9. The van der Waals surface area contributed by atoms with Gasteiger partial charge < -0.3 is 9.47 Å². The molecular weight excluding hydrogens is 250 g/mol. The lowest BCUT2D eigenvalue weighted by Gasteiger charge is -2.23. The van der Waals surface area contributed by atoms with E-state index in [1.165, 1.54) is 19.2 Å². The van der Waals surface area contributed by atoms with Crippen LogP contribution in [0.25, 0.3) is 0 Å². The number of rotatable bonds is 2. The van der Waals surface area contributed by atoms with Gasteiger partial charge in [-0.3, -0.25) is 0 Å². The molecule has 0 saturated carbocycles. The standard InChI is InChI=1S/C12H17N3O4/c1-12(2,3)19-11(17)15(13)9-7-5-6-8(14-9)10(16)18-4/h5-7H,13H2,1-4H3. The van der Waals surface area contributed by atoms with Crippen LogP contribution in [0.3, 0.4) is 0 Å². The van der Waals surface area contributed by atoms with Gasteiger partial charge in [0, 0.05) is 0 Å². The number of methoxy groups -OCH3 is 1. The molecule has 0 aliphatic heterocycles. The van der Waals surface area contributed by atoms with E-state index in [2.05, 4.69) is 9.72 Å². The lowest BCUT2D eigenvalue weighted by Crippen LogP contribution is -2.42. The van der Waals surface area contributed by atoms with Crippen LogP contribution in [0.5, 0.6) is 0 Å². The summed E-state index contributed by atoms with van der Waals surface area (Å²) in [6.07, 6.45) is -0.762. The molecule has 0 atom stereocenters. The first-order chi connectivity index (χ1) is 8.74. The number of ether oxygens (including phenoxy) is 2. The van der Waals surface area contributed by atoms with Crippen molar-refractivity contribution < 1.29 is 19.1 Å². The maximum atomic E-state index is 11.7. The number of amides is 1. The number of nitrogens with two attached hydrogens (primary N) is 1. The molecule has 1 rings (SSSR count). The molecule has 19 heavy (non-hydrogen) atoms. The Bertz CT molecular complexity index is 482. The summed E-state index contributed by atoms with van der Waals surface area (Å²) in [6.45, 7) is 5.16. The molecule has 1 aromatic rings. The van der Waals surface area contributed by atoms with Crippen LogP contribution in [0.1, 0.15) is 31.3 Å². The highest BCUT2D eigenvalue weighted by Crippen LogP contribution is 2.14. The first-order valence-corrected chi connectivity index (χ1v) is 5.58.